The Kier molecular flexibility index (Phi) is 3.97. The highest BCUT2D eigenvalue weighted by Gasteiger charge is 2.12. The van der Waals surface area contributed by atoms with Crippen molar-refractivity contribution in [2.75, 3.05) is 7.11 Å². The fraction of sp³-hybridized carbons (Fsp3) is 0.154. The summed E-state index contributed by atoms with van der Waals surface area (Å²) in [5.41, 5.74) is 1.92. The predicted molar refractivity (Wildman–Crippen MR) is 71.5 cm³/mol. The topological polar surface area (TPSA) is 67.9 Å². The van der Waals surface area contributed by atoms with E-state index in [-0.39, 0.29) is 0 Å². The lowest BCUT2D eigenvalue weighted by molar-refractivity contribution is 0.0589. The van der Waals surface area contributed by atoms with Crippen molar-refractivity contribution in [3.05, 3.63) is 52.0 Å². The molecule has 2 rings (SSSR count). The maximum absolute atomic E-state index is 11.5. The zero-order valence-corrected chi connectivity index (χ0v) is 11.7. The second kappa shape index (κ2) is 5.67. The normalized spacial score (nSPS) is 9.95. The summed E-state index contributed by atoms with van der Waals surface area (Å²) in [6.45, 7) is 0.481. The second-order valence-corrected chi connectivity index (χ2v) is 4.68. The molecule has 0 N–H and O–H groups in total. The summed E-state index contributed by atoms with van der Waals surface area (Å²) in [4.78, 5) is 15.5. The number of carbonyl (C=O) groups excluding carboxylic acids is 1. The quantitative estimate of drug-likeness (QED) is 0.814. The van der Waals surface area contributed by atoms with Crippen LogP contribution < -0.4 is 0 Å². The van der Waals surface area contributed by atoms with E-state index >= 15 is 0 Å². The van der Waals surface area contributed by atoms with E-state index in [0.717, 1.165) is 10.0 Å². The molecule has 1 heterocycles. The molecule has 5 nitrogen and oxygen atoms in total. The maximum Gasteiger partial charge on any atom is 0.356 e. The number of carbonyl (C=O) groups is 1. The molecule has 0 spiro atoms. The summed E-state index contributed by atoms with van der Waals surface area (Å²) in [5, 5.41) is 8.86. The minimum Gasteiger partial charge on any atom is -0.464 e. The second-order valence-electron chi connectivity index (χ2n) is 3.82. The first kappa shape index (κ1) is 13.3. The number of rotatable bonds is 3. The molecule has 0 amide bonds. The molecule has 0 saturated carbocycles. The summed E-state index contributed by atoms with van der Waals surface area (Å²) in [5.74, 6) is -0.426. The van der Waals surface area contributed by atoms with Gasteiger partial charge in [0.2, 0.25) is 0 Å². The van der Waals surface area contributed by atoms with E-state index in [4.69, 9.17) is 5.26 Å². The lowest BCUT2D eigenvalue weighted by Gasteiger charge is -2.07. The summed E-state index contributed by atoms with van der Waals surface area (Å²) >= 11 is 3.33. The number of esters is 1. The van der Waals surface area contributed by atoms with Gasteiger partial charge in [-0.2, -0.15) is 5.26 Å². The molecule has 0 fully saturated rings. The minimum atomic E-state index is -0.426. The highest BCUT2D eigenvalue weighted by Crippen LogP contribution is 2.18. The lowest BCUT2D eigenvalue weighted by atomic mass is 10.1. The van der Waals surface area contributed by atoms with Crippen molar-refractivity contribution in [1.82, 2.24) is 9.55 Å². The average Bonchev–Trinajstić information content (AvgIpc) is 2.86. The Labute approximate surface area is 118 Å². The van der Waals surface area contributed by atoms with Crippen LogP contribution in [0.1, 0.15) is 21.6 Å². The van der Waals surface area contributed by atoms with Crippen molar-refractivity contribution >= 4 is 21.9 Å². The van der Waals surface area contributed by atoms with Gasteiger partial charge in [0, 0.05) is 11.0 Å². The Balaban J connectivity index is 2.27. The summed E-state index contributed by atoms with van der Waals surface area (Å²) < 4.78 is 7.10. The summed E-state index contributed by atoms with van der Waals surface area (Å²) in [6.07, 6.45) is 3.03. The Hall–Kier alpha value is -2.13. The molecule has 6 heteroatoms. The number of halogens is 1. The molecule has 0 aliphatic heterocycles. The fourth-order valence-electron chi connectivity index (χ4n) is 1.67. The number of benzene rings is 1. The zero-order valence-electron chi connectivity index (χ0n) is 10.1. The van der Waals surface area contributed by atoms with E-state index in [9.17, 15) is 4.79 Å². The third-order valence-electron chi connectivity index (χ3n) is 2.61. The van der Waals surface area contributed by atoms with Crippen LogP contribution in [-0.2, 0) is 11.3 Å². The van der Waals surface area contributed by atoms with Gasteiger partial charge in [-0.25, -0.2) is 9.78 Å². The first-order valence-corrected chi connectivity index (χ1v) is 6.22. The third-order valence-corrected chi connectivity index (χ3v) is 3.27. The van der Waals surface area contributed by atoms with Crippen LogP contribution in [0.4, 0.5) is 0 Å². The number of imidazole rings is 1. The van der Waals surface area contributed by atoms with Crippen molar-refractivity contribution in [1.29, 1.82) is 5.26 Å². The number of methoxy groups -OCH3 is 1. The molecule has 0 bridgehead atoms. The highest BCUT2D eigenvalue weighted by molar-refractivity contribution is 9.10. The molecule has 0 aliphatic carbocycles. The molecule has 1 aromatic carbocycles. The lowest BCUT2D eigenvalue weighted by Crippen LogP contribution is -2.10. The van der Waals surface area contributed by atoms with E-state index in [1.165, 1.54) is 13.3 Å². The van der Waals surface area contributed by atoms with E-state index in [1.807, 2.05) is 12.1 Å². The van der Waals surface area contributed by atoms with Gasteiger partial charge in [-0.15, -0.1) is 0 Å². The van der Waals surface area contributed by atoms with Gasteiger partial charge in [0.25, 0.3) is 0 Å². The molecular formula is C13H10BrN3O2. The van der Waals surface area contributed by atoms with E-state index < -0.39 is 5.97 Å². The first-order valence-electron chi connectivity index (χ1n) is 5.42. The summed E-state index contributed by atoms with van der Waals surface area (Å²) in [6, 6.07) is 7.49. The number of nitrogens with zero attached hydrogens (tertiary/aromatic N) is 3. The molecule has 19 heavy (non-hydrogen) atoms. The number of hydrogen-bond acceptors (Lipinski definition) is 4. The molecule has 0 unspecified atom stereocenters. The van der Waals surface area contributed by atoms with Crippen molar-refractivity contribution in [2.24, 2.45) is 0 Å². The van der Waals surface area contributed by atoms with Crippen LogP contribution in [-0.4, -0.2) is 22.6 Å². The predicted octanol–water partition coefficient (Wildman–Crippen LogP) is 2.35. The molecule has 0 atom stereocenters. The minimum absolute atomic E-state index is 0.392. The van der Waals surface area contributed by atoms with Crippen molar-refractivity contribution < 1.29 is 9.53 Å². The number of nitriles is 1. The van der Waals surface area contributed by atoms with Crippen molar-refractivity contribution in [3.63, 3.8) is 0 Å². The van der Waals surface area contributed by atoms with Crippen LogP contribution in [0.15, 0.2) is 35.2 Å². The van der Waals surface area contributed by atoms with Gasteiger partial charge in [0.15, 0.2) is 0 Å². The SMILES string of the molecule is COC(=O)c1cncn1Cc1ccc(C#N)c(Br)c1. The highest BCUT2D eigenvalue weighted by atomic mass is 79.9. The van der Waals surface area contributed by atoms with Gasteiger partial charge in [-0.3, -0.25) is 0 Å². The van der Waals surface area contributed by atoms with Gasteiger partial charge in [0.05, 0.1) is 25.2 Å². The van der Waals surface area contributed by atoms with Crippen molar-refractivity contribution in [2.45, 2.75) is 6.54 Å². The Bertz CT molecular complexity index is 658. The van der Waals surface area contributed by atoms with E-state index in [2.05, 4.69) is 31.7 Å². The van der Waals surface area contributed by atoms with Gasteiger partial charge in [-0.1, -0.05) is 6.07 Å². The van der Waals surface area contributed by atoms with Crippen LogP contribution >= 0.6 is 15.9 Å². The van der Waals surface area contributed by atoms with Crippen LogP contribution in [0.3, 0.4) is 0 Å². The Morgan fingerprint density at radius 2 is 2.37 bits per heavy atom. The van der Waals surface area contributed by atoms with Gasteiger partial charge < -0.3 is 9.30 Å². The molecule has 96 valence electrons. The van der Waals surface area contributed by atoms with Gasteiger partial charge >= 0.3 is 5.97 Å². The fourth-order valence-corrected chi connectivity index (χ4v) is 2.18. The molecule has 0 aliphatic rings. The molecular weight excluding hydrogens is 310 g/mol. The smallest absolute Gasteiger partial charge is 0.356 e. The summed E-state index contributed by atoms with van der Waals surface area (Å²) in [7, 11) is 1.33. The van der Waals surface area contributed by atoms with Crippen LogP contribution in [0.25, 0.3) is 0 Å². The molecule has 1 aromatic heterocycles. The third kappa shape index (κ3) is 2.83. The van der Waals surface area contributed by atoms with Gasteiger partial charge in [-0.05, 0) is 33.6 Å². The largest absolute Gasteiger partial charge is 0.464 e. The number of aromatic nitrogens is 2. The van der Waals surface area contributed by atoms with Crippen LogP contribution in [0.2, 0.25) is 0 Å². The van der Waals surface area contributed by atoms with Crippen LogP contribution in [0.5, 0.6) is 0 Å². The average molecular weight is 320 g/mol. The zero-order chi connectivity index (χ0) is 13.8. The Morgan fingerprint density at radius 1 is 1.58 bits per heavy atom. The van der Waals surface area contributed by atoms with Gasteiger partial charge in [0.1, 0.15) is 11.8 Å². The van der Waals surface area contributed by atoms with E-state index in [1.54, 1.807) is 17.0 Å². The number of hydrogen-bond donors (Lipinski definition) is 0. The van der Waals surface area contributed by atoms with Crippen molar-refractivity contribution in [3.8, 4) is 6.07 Å². The van der Waals surface area contributed by atoms with Crippen LogP contribution in [0, 0.1) is 11.3 Å². The standard InChI is InChI=1S/C13H10BrN3O2/c1-19-13(18)12-6-16-8-17(12)7-9-2-3-10(5-15)11(14)4-9/h2-4,6,8H,7H2,1H3. The maximum atomic E-state index is 11.5. The first-order chi connectivity index (χ1) is 9.15. The Morgan fingerprint density at radius 3 is 3.00 bits per heavy atom. The van der Waals surface area contributed by atoms with E-state index in [0.29, 0.717) is 17.8 Å². The molecule has 2 aromatic rings. The molecule has 0 radical (unpaired) electrons. The monoisotopic (exact) mass is 319 g/mol. The molecule has 0 saturated heterocycles. The number of ether oxygens (including phenoxy) is 1.